The summed E-state index contributed by atoms with van der Waals surface area (Å²) in [6.45, 7) is 0.700. The summed E-state index contributed by atoms with van der Waals surface area (Å²) in [7, 11) is 1.45. The molecule has 1 saturated carbocycles. The van der Waals surface area contributed by atoms with Gasteiger partial charge in [-0.15, -0.1) is 11.8 Å². The third-order valence-corrected chi connectivity index (χ3v) is 6.86. The lowest BCUT2D eigenvalue weighted by Gasteiger charge is -2.36. The first-order chi connectivity index (χ1) is 13.0. The largest absolute Gasteiger partial charge is 0.469 e. The maximum absolute atomic E-state index is 11.6. The van der Waals surface area contributed by atoms with Crippen molar-refractivity contribution < 1.29 is 19.4 Å². The predicted octanol–water partition coefficient (Wildman–Crippen LogP) is 3.40. The molecule has 6 heteroatoms. The quantitative estimate of drug-likeness (QED) is 0.582. The van der Waals surface area contributed by atoms with Crippen molar-refractivity contribution in [1.29, 1.82) is 0 Å². The molecule has 2 heterocycles. The van der Waals surface area contributed by atoms with E-state index in [0.717, 1.165) is 40.2 Å². The zero-order valence-corrected chi connectivity index (χ0v) is 16.1. The van der Waals surface area contributed by atoms with E-state index in [1.807, 2.05) is 36.5 Å². The van der Waals surface area contributed by atoms with E-state index in [0.29, 0.717) is 19.6 Å². The van der Waals surface area contributed by atoms with Crippen LogP contribution in [-0.2, 0) is 19.9 Å². The van der Waals surface area contributed by atoms with Crippen LogP contribution in [0.3, 0.4) is 0 Å². The molecular formula is C21H23NO4S. The third-order valence-electron chi connectivity index (χ3n) is 5.43. The number of nitrogens with zero attached hydrogens (tertiary/aromatic N) is 1. The zero-order chi connectivity index (χ0) is 18.9. The first kappa shape index (κ1) is 18.5. The van der Waals surface area contributed by atoms with Crippen LogP contribution in [0.4, 0.5) is 0 Å². The van der Waals surface area contributed by atoms with Crippen molar-refractivity contribution in [3.63, 3.8) is 0 Å². The normalized spacial score (nSPS) is 19.2. The van der Waals surface area contributed by atoms with Crippen LogP contribution >= 0.6 is 11.8 Å². The molecule has 5 nitrogen and oxygen atoms in total. The number of ether oxygens (including phenoxy) is 2. The van der Waals surface area contributed by atoms with Crippen LogP contribution in [0.1, 0.15) is 24.8 Å². The van der Waals surface area contributed by atoms with E-state index in [-0.39, 0.29) is 11.4 Å². The van der Waals surface area contributed by atoms with Gasteiger partial charge in [-0.2, -0.15) is 0 Å². The highest BCUT2D eigenvalue weighted by Gasteiger charge is 2.44. The van der Waals surface area contributed by atoms with Gasteiger partial charge in [-0.3, -0.25) is 9.78 Å². The second-order valence-corrected chi connectivity index (χ2v) is 8.53. The van der Waals surface area contributed by atoms with Gasteiger partial charge >= 0.3 is 5.97 Å². The summed E-state index contributed by atoms with van der Waals surface area (Å²) in [6, 6.07) is 9.98. The minimum atomic E-state index is -0.850. The van der Waals surface area contributed by atoms with Crippen LogP contribution in [0, 0.1) is 5.41 Å². The van der Waals surface area contributed by atoms with Crippen LogP contribution in [0.5, 0.6) is 0 Å². The van der Waals surface area contributed by atoms with Crippen LogP contribution in [0.25, 0.3) is 11.1 Å². The molecule has 0 amide bonds. The van der Waals surface area contributed by atoms with Gasteiger partial charge in [-0.25, -0.2) is 0 Å². The van der Waals surface area contributed by atoms with E-state index in [4.69, 9.17) is 9.47 Å². The van der Waals surface area contributed by atoms with Gasteiger partial charge < -0.3 is 14.6 Å². The number of hydrogen-bond donors (Lipinski definition) is 1. The second-order valence-electron chi connectivity index (χ2n) is 7.52. The molecule has 1 aliphatic heterocycles. The van der Waals surface area contributed by atoms with E-state index in [2.05, 4.69) is 4.98 Å². The summed E-state index contributed by atoms with van der Waals surface area (Å²) in [5.74, 6) is 0.769. The topological polar surface area (TPSA) is 68.7 Å². The lowest BCUT2D eigenvalue weighted by molar-refractivity contribution is -0.184. The van der Waals surface area contributed by atoms with E-state index < -0.39 is 5.60 Å². The van der Waals surface area contributed by atoms with E-state index in [9.17, 15) is 9.90 Å². The SMILES string of the molecule is COC(=O)CC1(CSc2ccncc2-c2ccc(C3(O)COC3)cc2)CC1. The van der Waals surface area contributed by atoms with Gasteiger partial charge in [-0.05, 0) is 35.4 Å². The Balaban J connectivity index is 1.49. The molecule has 27 heavy (non-hydrogen) atoms. The molecule has 2 aromatic rings. The van der Waals surface area contributed by atoms with Crippen LogP contribution in [0.15, 0.2) is 47.6 Å². The molecular weight excluding hydrogens is 362 g/mol. The fraction of sp³-hybridized carbons (Fsp3) is 0.429. The standard InChI is InChI=1S/C21H23NO4S/c1-25-19(23)10-20(7-8-20)14-27-18-6-9-22-11-17(18)15-2-4-16(5-3-15)21(24)12-26-13-21/h2-6,9,11,24H,7-8,10,12-14H2,1H3. The van der Waals surface area contributed by atoms with Crippen molar-refractivity contribution in [2.24, 2.45) is 5.41 Å². The van der Waals surface area contributed by atoms with Crippen molar-refractivity contribution in [3.05, 3.63) is 48.3 Å². The lowest BCUT2D eigenvalue weighted by atomic mass is 9.91. The number of methoxy groups -OCH3 is 1. The Kier molecular flexibility index (Phi) is 4.97. The van der Waals surface area contributed by atoms with Gasteiger partial charge in [0.1, 0.15) is 5.60 Å². The highest BCUT2D eigenvalue weighted by Crippen LogP contribution is 2.52. The molecule has 0 bridgehead atoms. The number of esters is 1. The van der Waals surface area contributed by atoms with Gasteiger partial charge in [0.2, 0.25) is 0 Å². The van der Waals surface area contributed by atoms with Gasteiger partial charge in [0.05, 0.1) is 26.7 Å². The number of aromatic nitrogens is 1. The molecule has 2 fully saturated rings. The van der Waals surface area contributed by atoms with E-state index in [1.165, 1.54) is 7.11 Å². The Morgan fingerprint density at radius 1 is 1.26 bits per heavy atom. The minimum absolute atomic E-state index is 0.0790. The van der Waals surface area contributed by atoms with Crippen molar-refractivity contribution in [3.8, 4) is 11.1 Å². The minimum Gasteiger partial charge on any atom is -0.469 e. The third kappa shape index (κ3) is 3.88. The molecule has 1 N–H and O–H groups in total. The van der Waals surface area contributed by atoms with Gasteiger partial charge in [-0.1, -0.05) is 24.3 Å². The molecule has 0 atom stereocenters. The van der Waals surface area contributed by atoms with E-state index >= 15 is 0 Å². The lowest BCUT2D eigenvalue weighted by Crippen LogP contribution is -2.46. The van der Waals surface area contributed by atoms with Crippen LogP contribution in [-0.4, -0.2) is 42.1 Å². The Hall–Kier alpha value is -1.89. The molecule has 1 saturated heterocycles. The Morgan fingerprint density at radius 2 is 2.00 bits per heavy atom. The fourth-order valence-electron chi connectivity index (χ4n) is 3.30. The molecule has 4 rings (SSSR count). The maximum Gasteiger partial charge on any atom is 0.306 e. The summed E-state index contributed by atoms with van der Waals surface area (Å²) in [4.78, 5) is 17.1. The number of carbonyl (C=O) groups is 1. The summed E-state index contributed by atoms with van der Waals surface area (Å²) in [5.41, 5.74) is 2.24. The van der Waals surface area contributed by atoms with Crippen LogP contribution in [0.2, 0.25) is 0 Å². The van der Waals surface area contributed by atoms with Crippen molar-refractivity contribution in [2.45, 2.75) is 29.8 Å². The zero-order valence-electron chi connectivity index (χ0n) is 15.3. The van der Waals surface area contributed by atoms with E-state index in [1.54, 1.807) is 18.0 Å². The van der Waals surface area contributed by atoms with Crippen molar-refractivity contribution in [1.82, 2.24) is 4.98 Å². The fourth-order valence-corrected chi connectivity index (χ4v) is 4.64. The van der Waals surface area contributed by atoms with Gasteiger partial charge in [0.15, 0.2) is 0 Å². The Bertz CT molecular complexity index is 828. The van der Waals surface area contributed by atoms with Crippen LogP contribution < -0.4 is 0 Å². The van der Waals surface area contributed by atoms with Crippen molar-refractivity contribution >= 4 is 17.7 Å². The highest BCUT2D eigenvalue weighted by atomic mass is 32.2. The second kappa shape index (κ2) is 7.26. The number of hydrogen-bond acceptors (Lipinski definition) is 6. The van der Waals surface area contributed by atoms with Gasteiger partial charge in [0, 0.05) is 28.6 Å². The molecule has 1 aliphatic carbocycles. The highest BCUT2D eigenvalue weighted by molar-refractivity contribution is 7.99. The molecule has 142 valence electrons. The average molecular weight is 385 g/mol. The number of aliphatic hydroxyl groups is 1. The molecule has 0 spiro atoms. The Morgan fingerprint density at radius 3 is 2.59 bits per heavy atom. The first-order valence-electron chi connectivity index (χ1n) is 9.08. The van der Waals surface area contributed by atoms with Crippen molar-refractivity contribution in [2.75, 3.05) is 26.1 Å². The average Bonchev–Trinajstić information content (AvgIpc) is 3.44. The number of rotatable bonds is 7. The maximum atomic E-state index is 11.6. The summed E-state index contributed by atoms with van der Waals surface area (Å²) in [5, 5.41) is 10.4. The molecule has 0 radical (unpaired) electrons. The molecule has 0 unspecified atom stereocenters. The number of carbonyl (C=O) groups excluding carboxylic acids is 1. The number of benzene rings is 1. The summed E-state index contributed by atoms with van der Waals surface area (Å²) in [6.07, 6.45) is 6.31. The summed E-state index contributed by atoms with van der Waals surface area (Å²) < 4.78 is 9.97. The smallest absolute Gasteiger partial charge is 0.306 e. The summed E-state index contributed by atoms with van der Waals surface area (Å²) >= 11 is 1.77. The monoisotopic (exact) mass is 385 g/mol. The number of thioether (sulfide) groups is 1. The van der Waals surface area contributed by atoms with Gasteiger partial charge in [0.25, 0.3) is 0 Å². The molecule has 1 aromatic heterocycles. The first-order valence-corrected chi connectivity index (χ1v) is 10.1. The number of pyridine rings is 1. The molecule has 1 aromatic carbocycles. The Labute approximate surface area is 163 Å². The predicted molar refractivity (Wildman–Crippen MR) is 103 cm³/mol. The molecule has 2 aliphatic rings.